The van der Waals surface area contributed by atoms with Crippen LogP contribution in [0.15, 0.2) is 72.9 Å². The quantitative estimate of drug-likeness (QED) is 0.351. The number of ether oxygens (including phenoxy) is 1. The predicted molar refractivity (Wildman–Crippen MR) is 111 cm³/mol. The maximum atomic E-state index is 7.05. The summed E-state index contributed by atoms with van der Waals surface area (Å²) in [5.74, 6) is 1.76. The fourth-order valence-corrected chi connectivity index (χ4v) is 2.84. The molecule has 0 fully saturated rings. The van der Waals surface area contributed by atoms with Crippen molar-refractivity contribution in [1.29, 1.82) is 0 Å². The Labute approximate surface area is 172 Å². The van der Waals surface area contributed by atoms with Crippen LogP contribution in [0.25, 0.3) is 10.5 Å². The Morgan fingerprint density at radius 1 is 1.03 bits per heavy atom. The van der Waals surface area contributed by atoms with Crippen molar-refractivity contribution in [2.45, 2.75) is 6.54 Å². The van der Waals surface area contributed by atoms with Crippen molar-refractivity contribution in [3.63, 3.8) is 0 Å². The van der Waals surface area contributed by atoms with Crippen molar-refractivity contribution in [1.82, 2.24) is 20.0 Å². The van der Waals surface area contributed by atoms with Gasteiger partial charge in [0.25, 0.3) is 5.82 Å². The smallest absolute Gasteiger partial charge is 0.273 e. The van der Waals surface area contributed by atoms with Crippen molar-refractivity contribution in [3.05, 3.63) is 95.2 Å². The lowest BCUT2D eigenvalue weighted by Gasteiger charge is -2.06. The fourth-order valence-electron chi connectivity index (χ4n) is 2.63. The SMILES string of the molecule is [C-]#[N+]c1cc(NCc2cn(-c3ccc(Oc4ccccc4)cc3)nn2)cc(Cl)n1. The van der Waals surface area contributed by atoms with Crippen LogP contribution in [-0.4, -0.2) is 20.0 Å². The first-order chi connectivity index (χ1) is 14.2. The zero-order valence-electron chi connectivity index (χ0n) is 15.2. The molecule has 0 amide bonds. The molecule has 29 heavy (non-hydrogen) atoms. The summed E-state index contributed by atoms with van der Waals surface area (Å²) in [5.41, 5.74) is 2.31. The van der Waals surface area contributed by atoms with Gasteiger partial charge in [-0.1, -0.05) is 30.0 Å². The maximum absolute atomic E-state index is 7.05. The average Bonchev–Trinajstić information content (AvgIpc) is 3.22. The monoisotopic (exact) mass is 402 g/mol. The van der Waals surface area contributed by atoms with Gasteiger partial charge in [-0.15, -0.1) is 10.1 Å². The van der Waals surface area contributed by atoms with Crippen molar-refractivity contribution in [2.75, 3.05) is 5.32 Å². The van der Waals surface area contributed by atoms with Gasteiger partial charge in [-0.2, -0.15) is 0 Å². The Bertz CT molecular complexity index is 1150. The Hall–Kier alpha value is -3.89. The molecule has 0 aliphatic rings. The lowest BCUT2D eigenvalue weighted by atomic mass is 10.3. The van der Waals surface area contributed by atoms with Crippen LogP contribution in [0, 0.1) is 6.57 Å². The van der Waals surface area contributed by atoms with Gasteiger partial charge in [0.2, 0.25) is 5.15 Å². The van der Waals surface area contributed by atoms with Gasteiger partial charge in [0.1, 0.15) is 17.2 Å². The van der Waals surface area contributed by atoms with Crippen LogP contribution in [0.3, 0.4) is 0 Å². The molecule has 2 aromatic carbocycles. The molecule has 4 aromatic rings. The van der Waals surface area contributed by atoms with Crippen LogP contribution in [0.2, 0.25) is 5.15 Å². The van der Waals surface area contributed by atoms with Crippen molar-refractivity contribution in [2.24, 2.45) is 0 Å². The first-order valence-corrected chi connectivity index (χ1v) is 9.11. The number of aromatic nitrogens is 4. The number of nitrogens with zero attached hydrogens (tertiary/aromatic N) is 5. The summed E-state index contributed by atoms with van der Waals surface area (Å²) >= 11 is 5.92. The zero-order valence-corrected chi connectivity index (χ0v) is 15.9. The average molecular weight is 403 g/mol. The van der Waals surface area contributed by atoms with Crippen LogP contribution >= 0.6 is 11.6 Å². The third-order valence-electron chi connectivity index (χ3n) is 3.99. The first-order valence-electron chi connectivity index (χ1n) is 8.73. The van der Waals surface area contributed by atoms with E-state index in [0.29, 0.717) is 12.2 Å². The minimum atomic E-state index is 0.237. The van der Waals surface area contributed by atoms with E-state index in [-0.39, 0.29) is 11.0 Å². The van der Waals surface area contributed by atoms with E-state index in [1.165, 1.54) is 0 Å². The lowest BCUT2D eigenvalue weighted by molar-refractivity contribution is 0.482. The van der Waals surface area contributed by atoms with Gasteiger partial charge < -0.3 is 14.9 Å². The molecule has 0 radical (unpaired) electrons. The van der Waals surface area contributed by atoms with Crippen molar-refractivity contribution < 1.29 is 4.74 Å². The Morgan fingerprint density at radius 2 is 1.79 bits per heavy atom. The molecule has 2 aromatic heterocycles. The number of para-hydroxylation sites is 1. The molecule has 7 nitrogen and oxygen atoms in total. The molecule has 0 atom stereocenters. The molecule has 0 unspecified atom stereocenters. The molecular formula is C21H15ClN6O. The van der Waals surface area contributed by atoms with Crippen molar-refractivity contribution in [3.8, 4) is 17.2 Å². The summed E-state index contributed by atoms with van der Waals surface area (Å²) in [7, 11) is 0. The second-order valence-corrected chi connectivity index (χ2v) is 6.45. The van der Waals surface area contributed by atoms with E-state index in [0.717, 1.165) is 22.9 Å². The molecule has 0 saturated heterocycles. The summed E-state index contributed by atoms with van der Waals surface area (Å²) in [6.45, 7) is 7.49. The van der Waals surface area contributed by atoms with E-state index >= 15 is 0 Å². The Morgan fingerprint density at radius 3 is 2.55 bits per heavy atom. The summed E-state index contributed by atoms with van der Waals surface area (Å²) in [5, 5.41) is 11.8. The van der Waals surface area contributed by atoms with Gasteiger partial charge in [-0.3, -0.25) is 0 Å². The van der Waals surface area contributed by atoms with Gasteiger partial charge >= 0.3 is 0 Å². The molecular weight excluding hydrogens is 388 g/mol. The van der Waals surface area contributed by atoms with Crippen molar-refractivity contribution >= 4 is 23.1 Å². The Kier molecular flexibility index (Phi) is 5.36. The van der Waals surface area contributed by atoms with Gasteiger partial charge in [-0.05, 0) is 54.1 Å². The molecule has 1 N–H and O–H groups in total. The number of halogens is 1. The summed E-state index contributed by atoms with van der Waals surface area (Å²) in [4.78, 5) is 7.21. The second-order valence-electron chi connectivity index (χ2n) is 6.07. The van der Waals surface area contributed by atoms with Crippen LogP contribution in [0.4, 0.5) is 11.5 Å². The van der Waals surface area contributed by atoms with Crippen LogP contribution in [0.5, 0.6) is 11.5 Å². The molecule has 0 aliphatic carbocycles. The van der Waals surface area contributed by atoms with Gasteiger partial charge in [-0.25, -0.2) is 4.68 Å². The summed E-state index contributed by atoms with van der Waals surface area (Å²) < 4.78 is 7.49. The highest BCUT2D eigenvalue weighted by Crippen LogP contribution is 2.23. The number of anilines is 1. The minimum absolute atomic E-state index is 0.237. The molecule has 0 saturated carbocycles. The maximum Gasteiger partial charge on any atom is 0.273 e. The molecule has 142 valence electrons. The van der Waals surface area contributed by atoms with Crippen LogP contribution in [-0.2, 0) is 6.54 Å². The van der Waals surface area contributed by atoms with Crippen LogP contribution in [0.1, 0.15) is 5.69 Å². The second kappa shape index (κ2) is 8.42. The normalized spacial score (nSPS) is 10.3. The van der Waals surface area contributed by atoms with E-state index in [1.807, 2.05) is 60.8 Å². The lowest BCUT2D eigenvalue weighted by Crippen LogP contribution is -2.00. The number of rotatable bonds is 6. The highest BCUT2D eigenvalue weighted by molar-refractivity contribution is 6.29. The topological polar surface area (TPSA) is 69.2 Å². The van der Waals surface area contributed by atoms with Gasteiger partial charge in [0.15, 0.2) is 0 Å². The molecule has 4 rings (SSSR count). The minimum Gasteiger partial charge on any atom is -0.457 e. The third kappa shape index (κ3) is 4.69. The highest BCUT2D eigenvalue weighted by Gasteiger charge is 2.06. The first kappa shape index (κ1) is 18.5. The fraction of sp³-hybridized carbons (Fsp3) is 0.0476. The largest absolute Gasteiger partial charge is 0.457 e. The number of benzene rings is 2. The predicted octanol–water partition coefficient (Wildman–Crippen LogP) is 5.27. The standard InChI is InChI=1S/C21H15ClN6O/c1-23-21-12-15(11-20(22)25-21)24-13-16-14-28(27-26-16)17-7-9-19(10-8-17)29-18-5-3-2-4-6-18/h2-12,14H,13H2,(H,24,25). The van der Waals surface area contributed by atoms with Gasteiger partial charge in [0.05, 0.1) is 18.4 Å². The number of hydrogen-bond donors (Lipinski definition) is 1. The summed E-state index contributed by atoms with van der Waals surface area (Å²) in [6, 6.07) is 20.5. The van der Waals surface area contributed by atoms with E-state index in [2.05, 4.69) is 25.5 Å². The van der Waals surface area contributed by atoms with Gasteiger partial charge in [0, 0.05) is 11.8 Å². The van der Waals surface area contributed by atoms with E-state index in [9.17, 15) is 0 Å². The molecule has 0 aliphatic heterocycles. The molecule has 8 heteroatoms. The zero-order chi connectivity index (χ0) is 20.1. The molecule has 0 bridgehead atoms. The van der Waals surface area contributed by atoms with Crippen LogP contribution < -0.4 is 10.1 Å². The van der Waals surface area contributed by atoms with E-state index in [4.69, 9.17) is 22.9 Å². The van der Waals surface area contributed by atoms with E-state index in [1.54, 1.807) is 16.8 Å². The summed E-state index contributed by atoms with van der Waals surface area (Å²) in [6.07, 6.45) is 1.83. The van der Waals surface area contributed by atoms with E-state index < -0.39 is 0 Å². The number of pyridine rings is 1. The highest BCUT2D eigenvalue weighted by atomic mass is 35.5. The molecule has 2 heterocycles. The third-order valence-corrected chi connectivity index (χ3v) is 4.18. The Balaban J connectivity index is 1.41. The number of nitrogens with one attached hydrogen (secondary N) is 1. The number of hydrogen-bond acceptors (Lipinski definition) is 5. The molecule has 0 spiro atoms.